The number of hydrogen-bond donors (Lipinski definition) is 1. The number of hydrogen-bond acceptors (Lipinski definition) is 4. The summed E-state index contributed by atoms with van der Waals surface area (Å²) in [4.78, 5) is 9.63. The van der Waals surface area contributed by atoms with Gasteiger partial charge in [-0.15, -0.1) is 24.0 Å². The smallest absolute Gasteiger partial charge is 0.193 e. The predicted molar refractivity (Wildman–Crippen MR) is 143 cm³/mol. The quantitative estimate of drug-likeness (QED) is 0.214. The topological polar surface area (TPSA) is 49.3 Å². The van der Waals surface area contributed by atoms with Gasteiger partial charge in [-0.05, 0) is 56.7 Å². The Morgan fingerprint density at radius 3 is 2.38 bits per heavy atom. The first kappa shape index (κ1) is 27.3. The monoisotopic (exact) mass is 558 g/mol. The Morgan fingerprint density at radius 1 is 1.06 bits per heavy atom. The average Bonchev–Trinajstić information content (AvgIpc) is 2.82. The first-order chi connectivity index (χ1) is 15.2. The zero-order valence-corrected chi connectivity index (χ0v) is 22.5. The Balaban J connectivity index is 0.00000363. The predicted octanol–water partition coefficient (Wildman–Crippen LogP) is 4.17. The molecule has 0 spiro atoms. The maximum absolute atomic E-state index is 6.02. The molecular weight excluding hydrogens is 515 g/mol. The normalized spacial score (nSPS) is 20.1. The van der Waals surface area contributed by atoms with E-state index in [1.165, 1.54) is 31.5 Å². The zero-order chi connectivity index (χ0) is 21.9. The summed E-state index contributed by atoms with van der Waals surface area (Å²) in [7, 11) is 3.64. The van der Waals surface area contributed by atoms with Crippen LogP contribution in [0.2, 0.25) is 0 Å². The SMILES string of the molecule is CN=C(NCC(c1ccccc1)N1CCC(C)CC1)N1CCC(OCCCOC)CC1.I. The Labute approximate surface area is 212 Å². The average molecular weight is 559 g/mol. The molecule has 0 aromatic heterocycles. The van der Waals surface area contributed by atoms with E-state index in [1.54, 1.807) is 7.11 Å². The third-order valence-electron chi connectivity index (χ3n) is 6.70. The molecule has 2 heterocycles. The molecule has 1 N–H and O–H groups in total. The van der Waals surface area contributed by atoms with E-state index in [2.05, 4.69) is 57.4 Å². The Bertz CT molecular complexity index is 645. The maximum atomic E-state index is 6.02. The van der Waals surface area contributed by atoms with Crippen LogP contribution in [0.1, 0.15) is 50.6 Å². The van der Waals surface area contributed by atoms with E-state index in [0.29, 0.717) is 12.1 Å². The minimum Gasteiger partial charge on any atom is -0.385 e. The van der Waals surface area contributed by atoms with Gasteiger partial charge in [0.15, 0.2) is 5.96 Å². The number of nitrogens with one attached hydrogen (secondary N) is 1. The maximum Gasteiger partial charge on any atom is 0.193 e. The van der Waals surface area contributed by atoms with E-state index in [9.17, 15) is 0 Å². The first-order valence-electron chi connectivity index (χ1n) is 12.1. The van der Waals surface area contributed by atoms with Crippen molar-refractivity contribution in [2.75, 3.05) is 60.1 Å². The fourth-order valence-corrected chi connectivity index (χ4v) is 4.68. The zero-order valence-electron chi connectivity index (χ0n) is 20.2. The summed E-state index contributed by atoms with van der Waals surface area (Å²) < 4.78 is 11.1. The number of piperidine rings is 2. The van der Waals surface area contributed by atoms with Gasteiger partial charge in [0, 0.05) is 47.0 Å². The van der Waals surface area contributed by atoms with Crippen LogP contribution >= 0.6 is 24.0 Å². The Hall–Kier alpha value is -0.900. The second kappa shape index (κ2) is 15.1. The molecule has 1 aromatic rings. The van der Waals surface area contributed by atoms with Crippen LogP contribution in [0.4, 0.5) is 0 Å². The lowest BCUT2D eigenvalue weighted by Gasteiger charge is -2.38. The number of aliphatic imine (C=N–C) groups is 1. The summed E-state index contributed by atoms with van der Waals surface area (Å²) in [5, 5.41) is 3.70. The molecular formula is C25H43IN4O2. The number of halogens is 1. The molecule has 2 saturated heterocycles. The lowest BCUT2D eigenvalue weighted by atomic mass is 9.95. The number of rotatable bonds is 9. The van der Waals surface area contributed by atoms with Crippen LogP contribution in [0, 0.1) is 5.92 Å². The molecule has 2 aliphatic rings. The molecule has 182 valence electrons. The van der Waals surface area contributed by atoms with E-state index in [4.69, 9.17) is 9.47 Å². The highest BCUT2D eigenvalue weighted by molar-refractivity contribution is 14.0. The molecule has 1 aromatic carbocycles. The number of methoxy groups -OCH3 is 1. The molecule has 0 saturated carbocycles. The third kappa shape index (κ3) is 8.47. The van der Waals surface area contributed by atoms with Crippen molar-refractivity contribution in [1.29, 1.82) is 0 Å². The molecule has 0 bridgehead atoms. The minimum absolute atomic E-state index is 0. The summed E-state index contributed by atoms with van der Waals surface area (Å²) in [6, 6.07) is 11.3. The number of benzene rings is 1. The fourth-order valence-electron chi connectivity index (χ4n) is 4.68. The third-order valence-corrected chi connectivity index (χ3v) is 6.70. The molecule has 6 nitrogen and oxygen atoms in total. The number of guanidine groups is 1. The van der Waals surface area contributed by atoms with Crippen molar-refractivity contribution in [2.45, 2.75) is 51.2 Å². The van der Waals surface area contributed by atoms with E-state index in [1.807, 2.05) is 7.05 Å². The highest BCUT2D eigenvalue weighted by atomic mass is 127. The van der Waals surface area contributed by atoms with E-state index in [0.717, 1.165) is 64.0 Å². The molecule has 2 fully saturated rings. The number of likely N-dealkylation sites (tertiary alicyclic amines) is 2. The van der Waals surface area contributed by atoms with Gasteiger partial charge < -0.3 is 19.7 Å². The molecule has 7 heteroatoms. The molecule has 3 rings (SSSR count). The molecule has 1 atom stereocenters. The van der Waals surface area contributed by atoms with Crippen molar-refractivity contribution in [3.63, 3.8) is 0 Å². The minimum atomic E-state index is 0. The van der Waals surface area contributed by atoms with Gasteiger partial charge in [0.05, 0.1) is 12.1 Å². The van der Waals surface area contributed by atoms with Gasteiger partial charge >= 0.3 is 0 Å². The van der Waals surface area contributed by atoms with Crippen molar-refractivity contribution in [3.8, 4) is 0 Å². The van der Waals surface area contributed by atoms with Crippen molar-refractivity contribution in [3.05, 3.63) is 35.9 Å². The Morgan fingerprint density at radius 2 is 1.75 bits per heavy atom. The van der Waals surface area contributed by atoms with Gasteiger partial charge in [-0.25, -0.2) is 0 Å². The molecule has 2 aliphatic heterocycles. The van der Waals surface area contributed by atoms with Crippen molar-refractivity contribution >= 4 is 29.9 Å². The van der Waals surface area contributed by atoms with Gasteiger partial charge in [-0.1, -0.05) is 37.3 Å². The summed E-state index contributed by atoms with van der Waals surface area (Å²) in [5.41, 5.74) is 1.39. The van der Waals surface area contributed by atoms with Crippen LogP contribution in [-0.2, 0) is 9.47 Å². The second-order valence-corrected chi connectivity index (χ2v) is 8.98. The summed E-state index contributed by atoms with van der Waals surface area (Å²) >= 11 is 0. The van der Waals surface area contributed by atoms with Crippen molar-refractivity contribution in [2.24, 2.45) is 10.9 Å². The highest BCUT2D eigenvalue weighted by Crippen LogP contribution is 2.26. The molecule has 0 amide bonds. The number of nitrogens with zero attached hydrogens (tertiary/aromatic N) is 3. The Kier molecular flexibility index (Phi) is 12.9. The lowest BCUT2D eigenvalue weighted by molar-refractivity contribution is 0.00983. The van der Waals surface area contributed by atoms with Crippen LogP contribution < -0.4 is 5.32 Å². The number of ether oxygens (including phenoxy) is 2. The van der Waals surface area contributed by atoms with Gasteiger partial charge in [0.2, 0.25) is 0 Å². The second-order valence-electron chi connectivity index (χ2n) is 8.98. The highest BCUT2D eigenvalue weighted by Gasteiger charge is 2.26. The fraction of sp³-hybridized carbons (Fsp3) is 0.720. The first-order valence-corrected chi connectivity index (χ1v) is 12.1. The van der Waals surface area contributed by atoms with Crippen LogP contribution in [-0.4, -0.2) is 82.0 Å². The standard InChI is InChI=1S/C25H42N4O2.HI/c1-21-10-14-28(15-11-21)24(22-8-5-4-6-9-22)20-27-25(26-2)29-16-12-23(13-17-29)31-19-7-18-30-3;/h4-6,8-9,21,23-24H,7,10-20H2,1-3H3,(H,26,27);1H. The molecule has 0 radical (unpaired) electrons. The van der Waals surface area contributed by atoms with Gasteiger partial charge in [-0.3, -0.25) is 9.89 Å². The van der Waals surface area contributed by atoms with Crippen LogP contribution in [0.5, 0.6) is 0 Å². The molecule has 1 unspecified atom stereocenters. The van der Waals surface area contributed by atoms with Crippen molar-refractivity contribution < 1.29 is 9.47 Å². The summed E-state index contributed by atoms with van der Waals surface area (Å²) in [6.45, 7) is 9.16. The van der Waals surface area contributed by atoms with Crippen LogP contribution in [0.3, 0.4) is 0 Å². The molecule has 0 aliphatic carbocycles. The van der Waals surface area contributed by atoms with Crippen LogP contribution in [0.25, 0.3) is 0 Å². The lowest BCUT2D eigenvalue weighted by Crippen LogP contribution is -2.49. The van der Waals surface area contributed by atoms with Gasteiger partial charge in [0.25, 0.3) is 0 Å². The largest absolute Gasteiger partial charge is 0.385 e. The molecule has 32 heavy (non-hydrogen) atoms. The summed E-state index contributed by atoms with van der Waals surface area (Å²) in [6.07, 6.45) is 6.01. The van der Waals surface area contributed by atoms with E-state index < -0.39 is 0 Å². The van der Waals surface area contributed by atoms with Gasteiger partial charge in [-0.2, -0.15) is 0 Å². The van der Waals surface area contributed by atoms with Crippen LogP contribution in [0.15, 0.2) is 35.3 Å². The van der Waals surface area contributed by atoms with E-state index in [-0.39, 0.29) is 24.0 Å². The van der Waals surface area contributed by atoms with Crippen molar-refractivity contribution in [1.82, 2.24) is 15.1 Å². The van der Waals surface area contributed by atoms with Gasteiger partial charge in [0.1, 0.15) is 0 Å². The summed E-state index contributed by atoms with van der Waals surface area (Å²) in [5.74, 6) is 1.86. The van der Waals surface area contributed by atoms with E-state index >= 15 is 0 Å².